The van der Waals surface area contributed by atoms with Gasteiger partial charge < -0.3 is 15.5 Å². The normalized spacial score (nSPS) is 12.5. The average molecular weight is 295 g/mol. The number of anilines is 3. The zero-order valence-corrected chi connectivity index (χ0v) is 12.5. The molecule has 2 aromatic rings. The molecule has 5 heteroatoms. The Morgan fingerprint density at radius 1 is 1.14 bits per heavy atom. The average Bonchev–Trinajstić information content (AvgIpc) is 2.86. The summed E-state index contributed by atoms with van der Waals surface area (Å²) in [6.07, 6.45) is 0.327. The van der Waals surface area contributed by atoms with Gasteiger partial charge in [-0.1, -0.05) is 0 Å². The molecule has 0 saturated carbocycles. The van der Waals surface area contributed by atoms with Crippen LogP contribution in [-0.2, 0) is 11.2 Å². The maximum Gasteiger partial charge on any atom is 0.255 e. The lowest BCUT2D eigenvalue weighted by molar-refractivity contribution is -0.115. The first-order valence-corrected chi connectivity index (χ1v) is 7.04. The van der Waals surface area contributed by atoms with E-state index in [4.69, 9.17) is 0 Å². The predicted molar refractivity (Wildman–Crippen MR) is 87.5 cm³/mol. The van der Waals surface area contributed by atoms with Gasteiger partial charge in [0.05, 0.1) is 6.42 Å². The highest BCUT2D eigenvalue weighted by Gasteiger charge is 2.19. The zero-order valence-electron chi connectivity index (χ0n) is 12.5. The Balaban J connectivity index is 1.75. The Labute approximate surface area is 128 Å². The van der Waals surface area contributed by atoms with Crippen molar-refractivity contribution in [3.05, 3.63) is 53.6 Å². The van der Waals surface area contributed by atoms with Crippen LogP contribution in [-0.4, -0.2) is 25.9 Å². The zero-order chi connectivity index (χ0) is 15.7. The Morgan fingerprint density at radius 3 is 2.55 bits per heavy atom. The lowest BCUT2D eigenvalue weighted by atomic mass is 10.1. The molecule has 1 heterocycles. The lowest BCUT2D eigenvalue weighted by Gasteiger charge is -2.13. The minimum Gasteiger partial charge on any atom is -0.378 e. The maximum atomic E-state index is 12.3. The second-order valence-electron chi connectivity index (χ2n) is 5.49. The van der Waals surface area contributed by atoms with E-state index < -0.39 is 0 Å². The molecule has 1 aliphatic heterocycles. The number of hydrogen-bond acceptors (Lipinski definition) is 3. The van der Waals surface area contributed by atoms with Crippen LogP contribution in [0.15, 0.2) is 42.5 Å². The fraction of sp³-hybridized carbons (Fsp3) is 0.176. The highest BCUT2D eigenvalue weighted by molar-refractivity contribution is 6.06. The van der Waals surface area contributed by atoms with E-state index in [-0.39, 0.29) is 11.8 Å². The summed E-state index contributed by atoms with van der Waals surface area (Å²) in [6, 6.07) is 12.9. The van der Waals surface area contributed by atoms with Crippen LogP contribution in [0.25, 0.3) is 0 Å². The molecule has 0 unspecified atom stereocenters. The summed E-state index contributed by atoms with van der Waals surface area (Å²) in [5.41, 5.74) is 4.01. The summed E-state index contributed by atoms with van der Waals surface area (Å²) in [6.45, 7) is 0. The monoisotopic (exact) mass is 295 g/mol. The molecule has 112 valence electrons. The molecule has 0 bridgehead atoms. The van der Waals surface area contributed by atoms with E-state index in [1.807, 2.05) is 43.3 Å². The van der Waals surface area contributed by atoms with Crippen LogP contribution in [0.5, 0.6) is 0 Å². The second kappa shape index (κ2) is 5.52. The molecule has 0 saturated heterocycles. The third-order valence-corrected chi connectivity index (χ3v) is 3.63. The SMILES string of the molecule is CN(C)c1ccc(NC(=O)c2ccc3c(c2)CC(=O)N3)cc1. The van der Waals surface area contributed by atoms with Gasteiger partial charge in [-0.15, -0.1) is 0 Å². The summed E-state index contributed by atoms with van der Waals surface area (Å²) in [7, 11) is 3.93. The molecule has 0 aliphatic carbocycles. The molecular formula is C17H17N3O2. The van der Waals surface area contributed by atoms with Gasteiger partial charge in [0.15, 0.2) is 0 Å². The predicted octanol–water partition coefficient (Wildman–Crippen LogP) is 2.50. The van der Waals surface area contributed by atoms with E-state index in [1.54, 1.807) is 18.2 Å². The highest BCUT2D eigenvalue weighted by atomic mass is 16.2. The number of carbonyl (C=O) groups is 2. The third-order valence-electron chi connectivity index (χ3n) is 3.63. The van der Waals surface area contributed by atoms with Crippen LogP contribution in [0, 0.1) is 0 Å². The molecule has 0 radical (unpaired) electrons. The molecular weight excluding hydrogens is 278 g/mol. The van der Waals surface area contributed by atoms with Gasteiger partial charge >= 0.3 is 0 Å². The summed E-state index contributed by atoms with van der Waals surface area (Å²) in [5, 5.41) is 5.62. The number of nitrogens with zero attached hydrogens (tertiary/aromatic N) is 1. The number of carbonyl (C=O) groups excluding carboxylic acids is 2. The highest BCUT2D eigenvalue weighted by Crippen LogP contribution is 2.24. The van der Waals surface area contributed by atoms with Gasteiger partial charge in [0.1, 0.15) is 0 Å². The molecule has 0 spiro atoms. The van der Waals surface area contributed by atoms with Crippen LogP contribution >= 0.6 is 0 Å². The van der Waals surface area contributed by atoms with Crippen molar-refractivity contribution < 1.29 is 9.59 Å². The molecule has 2 aromatic carbocycles. The standard InChI is InChI=1S/C17H17N3O2/c1-20(2)14-6-4-13(5-7-14)18-17(22)11-3-8-15-12(9-11)10-16(21)19-15/h3-9H,10H2,1-2H3,(H,18,22)(H,19,21). The van der Waals surface area contributed by atoms with Crippen molar-refractivity contribution >= 4 is 28.9 Å². The van der Waals surface area contributed by atoms with Crippen LogP contribution in [0.2, 0.25) is 0 Å². The molecule has 2 amide bonds. The minimum atomic E-state index is -0.181. The smallest absolute Gasteiger partial charge is 0.255 e. The third kappa shape index (κ3) is 2.79. The van der Waals surface area contributed by atoms with Gasteiger partial charge in [0.2, 0.25) is 5.91 Å². The van der Waals surface area contributed by atoms with E-state index >= 15 is 0 Å². The minimum absolute atomic E-state index is 0.0353. The molecule has 22 heavy (non-hydrogen) atoms. The fourth-order valence-electron chi connectivity index (χ4n) is 2.42. The Hall–Kier alpha value is -2.82. The first kappa shape index (κ1) is 14.1. The summed E-state index contributed by atoms with van der Waals surface area (Å²) in [5.74, 6) is -0.216. The van der Waals surface area contributed by atoms with Gasteiger partial charge in [0, 0.05) is 36.7 Å². The van der Waals surface area contributed by atoms with Gasteiger partial charge in [-0.2, -0.15) is 0 Å². The van der Waals surface area contributed by atoms with Crippen LogP contribution in [0.3, 0.4) is 0 Å². The molecule has 0 aromatic heterocycles. The molecule has 0 fully saturated rings. The lowest BCUT2D eigenvalue weighted by Crippen LogP contribution is -2.12. The van der Waals surface area contributed by atoms with Gasteiger partial charge in [-0.05, 0) is 48.0 Å². The van der Waals surface area contributed by atoms with E-state index in [0.29, 0.717) is 12.0 Å². The van der Waals surface area contributed by atoms with E-state index in [9.17, 15) is 9.59 Å². The molecule has 0 atom stereocenters. The Morgan fingerprint density at radius 2 is 1.86 bits per heavy atom. The first-order chi connectivity index (χ1) is 10.5. The largest absolute Gasteiger partial charge is 0.378 e. The summed E-state index contributed by atoms with van der Waals surface area (Å²) in [4.78, 5) is 25.6. The van der Waals surface area contributed by atoms with Crippen LogP contribution in [0.1, 0.15) is 15.9 Å². The second-order valence-corrected chi connectivity index (χ2v) is 5.49. The van der Waals surface area contributed by atoms with Crippen LogP contribution < -0.4 is 15.5 Å². The van der Waals surface area contributed by atoms with Crippen LogP contribution in [0.4, 0.5) is 17.1 Å². The Kier molecular flexibility index (Phi) is 3.55. The van der Waals surface area contributed by atoms with Crippen molar-refractivity contribution in [2.24, 2.45) is 0 Å². The van der Waals surface area contributed by atoms with Crippen molar-refractivity contribution in [1.82, 2.24) is 0 Å². The van der Waals surface area contributed by atoms with Gasteiger partial charge in [-0.3, -0.25) is 9.59 Å². The number of rotatable bonds is 3. The van der Waals surface area contributed by atoms with E-state index in [0.717, 1.165) is 22.6 Å². The number of fused-ring (bicyclic) bond motifs is 1. The summed E-state index contributed by atoms with van der Waals surface area (Å²) < 4.78 is 0. The Bertz CT molecular complexity index is 736. The number of hydrogen-bond donors (Lipinski definition) is 2. The fourth-order valence-corrected chi connectivity index (χ4v) is 2.42. The first-order valence-electron chi connectivity index (χ1n) is 7.04. The van der Waals surface area contributed by atoms with Crippen molar-refractivity contribution in [2.45, 2.75) is 6.42 Å². The quantitative estimate of drug-likeness (QED) is 0.914. The molecule has 1 aliphatic rings. The van der Waals surface area contributed by atoms with Gasteiger partial charge in [-0.25, -0.2) is 0 Å². The van der Waals surface area contributed by atoms with E-state index in [1.165, 1.54) is 0 Å². The van der Waals surface area contributed by atoms with Crippen molar-refractivity contribution in [3.8, 4) is 0 Å². The van der Waals surface area contributed by atoms with Gasteiger partial charge in [0.25, 0.3) is 5.91 Å². The van der Waals surface area contributed by atoms with Crippen molar-refractivity contribution in [3.63, 3.8) is 0 Å². The molecule has 2 N–H and O–H groups in total. The van der Waals surface area contributed by atoms with Crippen molar-refractivity contribution in [2.75, 3.05) is 29.6 Å². The number of amides is 2. The molecule has 5 nitrogen and oxygen atoms in total. The summed E-state index contributed by atoms with van der Waals surface area (Å²) >= 11 is 0. The molecule has 3 rings (SSSR count). The van der Waals surface area contributed by atoms with Crippen molar-refractivity contribution in [1.29, 1.82) is 0 Å². The number of nitrogens with one attached hydrogen (secondary N) is 2. The maximum absolute atomic E-state index is 12.3. The number of benzene rings is 2. The topological polar surface area (TPSA) is 61.4 Å². The van der Waals surface area contributed by atoms with E-state index in [2.05, 4.69) is 10.6 Å².